The van der Waals surface area contributed by atoms with E-state index in [1.165, 1.54) is 12.1 Å². The lowest BCUT2D eigenvalue weighted by atomic mass is 9.98. The lowest BCUT2D eigenvalue weighted by Crippen LogP contribution is -2.44. The van der Waals surface area contributed by atoms with Gasteiger partial charge in [0.1, 0.15) is 5.82 Å². The van der Waals surface area contributed by atoms with Crippen LogP contribution in [0.1, 0.15) is 42.6 Å². The molecule has 0 radical (unpaired) electrons. The number of hydrogen-bond acceptors (Lipinski definition) is 2. The molecule has 3 aromatic rings. The maximum absolute atomic E-state index is 13.1. The molecule has 28 heavy (non-hydrogen) atoms. The molecule has 3 rings (SSSR count). The van der Waals surface area contributed by atoms with Crippen molar-refractivity contribution in [3.8, 4) is 0 Å². The van der Waals surface area contributed by atoms with E-state index in [1.807, 2.05) is 50.2 Å². The molecule has 1 amide bonds. The van der Waals surface area contributed by atoms with Gasteiger partial charge in [0.2, 0.25) is 5.91 Å². The molecule has 0 aromatic heterocycles. The van der Waals surface area contributed by atoms with Crippen LogP contribution >= 0.6 is 0 Å². The fraction of sp³-hybridized carbons (Fsp3) is 0.208. The van der Waals surface area contributed by atoms with Gasteiger partial charge in [0.25, 0.3) is 0 Å². The summed E-state index contributed by atoms with van der Waals surface area (Å²) in [5, 5.41) is 6.44. The maximum Gasteiger partial charge on any atom is 0.237 e. The first kappa shape index (κ1) is 19.8. The first-order valence-electron chi connectivity index (χ1n) is 9.46. The molecule has 0 heterocycles. The van der Waals surface area contributed by atoms with Crippen molar-refractivity contribution < 1.29 is 9.18 Å². The van der Waals surface area contributed by atoms with Gasteiger partial charge in [-0.05, 0) is 42.7 Å². The number of nitrogens with one attached hydrogen (secondary N) is 2. The van der Waals surface area contributed by atoms with E-state index >= 15 is 0 Å². The van der Waals surface area contributed by atoms with Crippen molar-refractivity contribution >= 4 is 5.91 Å². The molecule has 4 heteroatoms. The molecule has 0 aliphatic rings. The van der Waals surface area contributed by atoms with Gasteiger partial charge >= 0.3 is 0 Å². The van der Waals surface area contributed by atoms with Gasteiger partial charge in [0.15, 0.2) is 0 Å². The van der Waals surface area contributed by atoms with Crippen LogP contribution in [0, 0.1) is 5.82 Å². The molecule has 0 aliphatic carbocycles. The van der Waals surface area contributed by atoms with Crippen LogP contribution in [0.5, 0.6) is 0 Å². The van der Waals surface area contributed by atoms with Crippen LogP contribution in [0.15, 0.2) is 84.9 Å². The lowest BCUT2D eigenvalue weighted by molar-refractivity contribution is -0.123. The van der Waals surface area contributed by atoms with Gasteiger partial charge in [0.05, 0.1) is 18.1 Å². The Labute approximate surface area is 165 Å². The Hall–Kier alpha value is -2.98. The Morgan fingerprint density at radius 2 is 1.25 bits per heavy atom. The van der Waals surface area contributed by atoms with E-state index in [-0.39, 0.29) is 23.8 Å². The molecule has 2 N–H and O–H groups in total. The van der Waals surface area contributed by atoms with Crippen molar-refractivity contribution in [1.29, 1.82) is 0 Å². The Balaban J connectivity index is 1.71. The number of amides is 1. The second-order valence-corrected chi connectivity index (χ2v) is 6.92. The number of halogens is 1. The summed E-state index contributed by atoms with van der Waals surface area (Å²) in [6.07, 6.45) is 0. The molecule has 144 valence electrons. The number of carbonyl (C=O) groups excluding carboxylic acids is 1. The zero-order chi connectivity index (χ0) is 19.9. The van der Waals surface area contributed by atoms with E-state index in [1.54, 1.807) is 12.1 Å². The molecular formula is C24H25FN2O. The van der Waals surface area contributed by atoms with Crippen molar-refractivity contribution in [3.63, 3.8) is 0 Å². The van der Waals surface area contributed by atoms with E-state index in [2.05, 4.69) is 34.9 Å². The molecule has 0 aliphatic heterocycles. The molecule has 2 atom stereocenters. The van der Waals surface area contributed by atoms with Gasteiger partial charge < -0.3 is 5.32 Å². The highest BCUT2D eigenvalue weighted by Crippen LogP contribution is 2.22. The first-order chi connectivity index (χ1) is 13.5. The minimum Gasteiger partial charge on any atom is -0.348 e. The number of hydrogen-bond donors (Lipinski definition) is 2. The third kappa shape index (κ3) is 5.05. The summed E-state index contributed by atoms with van der Waals surface area (Å²) in [6, 6.07) is 25.6. The molecule has 0 saturated heterocycles. The van der Waals surface area contributed by atoms with Gasteiger partial charge in [-0.25, -0.2) is 4.39 Å². The predicted molar refractivity (Wildman–Crippen MR) is 110 cm³/mol. The highest BCUT2D eigenvalue weighted by molar-refractivity contribution is 5.81. The molecule has 2 unspecified atom stereocenters. The highest BCUT2D eigenvalue weighted by Gasteiger charge is 2.22. The summed E-state index contributed by atoms with van der Waals surface area (Å²) in [7, 11) is 0. The summed E-state index contributed by atoms with van der Waals surface area (Å²) >= 11 is 0. The van der Waals surface area contributed by atoms with Gasteiger partial charge in [-0.15, -0.1) is 0 Å². The van der Waals surface area contributed by atoms with Crippen molar-refractivity contribution in [2.75, 3.05) is 0 Å². The Morgan fingerprint density at radius 1 is 0.750 bits per heavy atom. The van der Waals surface area contributed by atoms with E-state index < -0.39 is 6.04 Å². The van der Waals surface area contributed by atoms with E-state index in [4.69, 9.17) is 0 Å². The monoisotopic (exact) mass is 376 g/mol. The fourth-order valence-electron chi connectivity index (χ4n) is 3.17. The van der Waals surface area contributed by atoms with Crippen molar-refractivity contribution in [2.45, 2.75) is 32.0 Å². The number of carbonyl (C=O) groups is 1. The minimum absolute atomic E-state index is 0.0933. The third-order valence-electron chi connectivity index (χ3n) is 4.80. The first-order valence-corrected chi connectivity index (χ1v) is 9.46. The smallest absolute Gasteiger partial charge is 0.237 e. The van der Waals surface area contributed by atoms with E-state index in [0.29, 0.717) is 0 Å². The average molecular weight is 376 g/mol. The topological polar surface area (TPSA) is 41.1 Å². The van der Waals surface area contributed by atoms with Crippen LogP contribution in [0.2, 0.25) is 0 Å². The van der Waals surface area contributed by atoms with Crippen LogP contribution in [0.3, 0.4) is 0 Å². The molecule has 0 bridgehead atoms. The summed E-state index contributed by atoms with van der Waals surface area (Å²) in [5.41, 5.74) is 3.06. The zero-order valence-electron chi connectivity index (χ0n) is 16.1. The molecular weight excluding hydrogens is 351 g/mol. The van der Waals surface area contributed by atoms with E-state index in [9.17, 15) is 9.18 Å². The molecule has 0 saturated carbocycles. The molecule has 3 aromatic carbocycles. The average Bonchev–Trinajstić information content (AvgIpc) is 2.73. The molecule has 0 spiro atoms. The van der Waals surface area contributed by atoms with Crippen LogP contribution in [0.25, 0.3) is 0 Å². The summed E-state index contributed by atoms with van der Waals surface area (Å²) < 4.78 is 13.1. The van der Waals surface area contributed by atoms with Gasteiger partial charge in [-0.1, -0.05) is 72.8 Å². The third-order valence-corrected chi connectivity index (χ3v) is 4.80. The number of benzene rings is 3. The Kier molecular flexibility index (Phi) is 6.56. The van der Waals surface area contributed by atoms with Gasteiger partial charge in [0, 0.05) is 0 Å². The maximum atomic E-state index is 13.1. The second kappa shape index (κ2) is 9.29. The summed E-state index contributed by atoms with van der Waals surface area (Å²) in [4.78, 5) is 12.7. The summed E-state index contributed by atoms with van der Waals surface area (Å²) in [6.45, 7) is 3.75. The summed E-state index contributed by atoms with van der Waals surface area (Å²) in [5.74, 6) is -0.389. The standard InChI is InChI=1S/C24H25FN2O/c1-17(19-13-15-22(25)16-14-19)27-24(28)18(2)26-23(20-9-5-3-6-10-20)21-11-7-4-8-12-21/h3-18,23,26H,1-2H3,(H,27,28). The van der Waals surface area contributed by atoms with Gasteiger partial charge in [-0.3, -0.25) is 10.1 Å². The minimum atomic E-state index is -0.409. The SMILES string of the molecule is CC(NC(c1ccccc1)c1ccccc1)C(=O)NC(C)c1ccc(F)cc1. The van der Waals surface area contributed by atoms with Gasteiger partial charge in [-0.2, -0.15) is 0 Å². The Morgan fingerprint density at radius 3 is 1.75 bits per heavy atom. The number of rotatable bonds is 7. The quantitative estimate of drug-likeness (QED) is 0.624. The van der Waals surface area contributed by atoms with Crippen LogP contribution in [-0.2, 0) is 4.79 Å². The largest absolute Gasteiger partial charge is 0.348 e. The highest BCUT2D eigenvalue weighted by atomic mass is 19.1. The molecule has 0 fully saturated rings. The second-order valence-electron chi connectivity index (χ2n) is 6.92. The van der Waals surface area contributed by atoms with E-state index in [0.717, 1.165) is 16.7 Å². The van der Waals surface area contributed by atoms with Crippen LogP contribution in [-0.4, -0.2) is 11.9 Å². The predicted octanol–water partition coefficient (Wildman–Crippen LogP) is 4.77. The molecule has 3 nitrogen and oxygen atoms in total. The lowest BCUT2D eigenvalue weighted by Gasteiger charge is -2.25. The Bertz CT molecular complexity index is 842. The van der Waals surface area contributed by atoms with Crippen molar-refractivity contribution in [3.05, 3.63) is 107 Å². The zero-order valence-corrected chi connectivity index (χ0v) is 16.1. The fourth-order valence-corrected chi connectivity index (χ4v) is 3.17. The normalized spacial score (nSPS) is 13.1. The van der Waals surface area contributed by atoms with Crippen LogP contribution in [0.4, 0.5) is 4.39 Å². The van der Waals surface area contributed by atoms with Crippen molar-refractivity contribution in [1.82, 2.24) is 10.6 Å². The van der Waals surface area contributed by atoms with Crippen LogP contribution < -0.4 is 10.6 Å². The van der Waals surface area contributed by atoms with Crippen molar-refractivity contribution in [2.24, 2.45) is 0 Å².